The van der Waals surface area contributed by atoms with Crippen molar-refractivity contribution in [1.29, 1.82) is 0 Å². The molecule has 0 atom stereocenters. The Morgan fingerprint density at radius 1 is 0.544 bits per heavy atom. The standard InChI is InChI=1S/2C18H23N3O4.C6H5I/c2*1-17(2,3)25-16(24)20-11-9-18(10-12-20)14(22)21(15(23)19-18)13-7-5-4-6-8-13;7-6-4-2-1-3-5-6/h2*4-8H,9-12H2,1-3H3,(H,19,23);1-5H. The van der Waals surface area contributed by atoms with E-state index in [4.69, 9.17) is 9.47 Å². The maximum atomic E-state index is 12.9. The minimum Gasteiger partial charge on any atom is -0.444 e. The molecule has 4 aliphatic heterocycles. The van der Waals surface area contributed by atoms with E-state index in [-0.39, 0.29) is 24.0 Å². The first-order valence-corrected chi connectivity index (χ1v) is 20.0. The molecular weight excluding hydrogens is 843 g/mol. The second-order valence-corrected chi connectivity index (χ2v) is 17.5. The highest BCUT2D eigenvalue weighted by molar-refractivity contribution is 14.1. The van der Waals surface area contributed by atoms with Crippen molar-refractivity contribution in [2.45, 2.75) is 89.5 Å². The Labute approximate surface area is 347 Å². The van der Waals surface area contributed by atoms with E-state index >= 15 is 0 Å². The predicted molar refractivity (Wildman–Crippen MR) is 224 cm³/mol. The number of carbonyl (C=O) groups is 6. The van der Waals surface area contributed by atoms with E-state index in [0.29, 0.717) is 63.2 Å². The van der Waals surface area contributed by atoms with Gasteiger partial charge in [-0.15, -0.1) is 0 Å². The van der Waals surface area contributed by atoms with Crippen LogP contribution in [0, 0.1) is 3.57 Å². The van der Waals surface area contributed by atoms with Crippen molar-refractivity contribution in [2.75, 3.05) is 36.0 Å². The summed E-state index contributed by atoms with van der Waals surface area (Å²) >= 11 is 2.28. The Hall–Kier alpha value is -5.19. The number of imide groups is 2. The molecule has 0 saturated carbocycles. The third-order valence-electron chi connectivity index (χ3n) is 9.62. The maximum Gasteiger partial charge on any atom is 0.410 e. The van der Waals surface area contributed by atoms with Crippen molar-refractivity contribution < 1.29 is 38.2 Å². The van der Waals surface area contributed by atoms with E-state index in [9.17, 15) is 28.8 Å². The fourth-order valence-electron chi connectivity index (χ4n) is 6.75. The molecule has 0 aromatic heterocycles. The molecule has 3 aromatic carbocycles. The van der Waals surface area contributed by atoms with Crippen LogP contribution in [0.1, 0.15) is 67.2 Å². The number of hydrogen-bond acceptors (Lipinski definition) is 8. The van der Waals surface area contributed by atoms with E-state index in [2.05, 4.69) is 45.4 Å². The fourth-order valence-corrected chi connectivity index (χ4v) is 7.17. The largest absolute Gasteiger partial charge is 0.444 e. The monoisotopic (exact) mass is 894 g/mol. The van der Waals surface area contributed by atoms with Gasteiger partial charge in [0.15, 0.2) is 0 Å². The smallest absolute Gasteiger partial charge is 0.410 e. The van der Waals surface area contributed by atoms with Crippen molar-refractivity contribution in [2.24, 2.45) is 0 Å². The third kappa shape index (κ3) is 10.6. The summed E-state index contributed by atoms with van der Waals surface area (Å²) in [5, 5.41) is 5.67. The molecule has 4 aliphatic rings. The second-order valence-electron chi connectivity index (χ2n) is 16.2. The number of para-hydroxylation sites is 2. The van der Waals surface area contributed by atoms with Gasteiger partial charge in [0.2, 0.25) is 0 Å². The normalized spacial score (nSPS) is 18.6. The van der Waals surface area contributed by atoms with Crippen molar-refractivity contribution >= 4 is 70.0 Å². The number of nitrogens with one attached hydrogen (secondary N) is 2. The summed E-state index contributed by atoms with van der Waals surface area (Å²) in [6.07, 6.45) is 0.721. The van der Waals surface area contributed by atoms with Crippen molar-refractivity contribution in [3.8, 4) is 0 Å². The minimum absolute atomic E-state index is 0.257. The number of amides is 8. The number of urea groups is 2. The van der Waals surface area contributed by atoms with E-state index in [0.717, 1.165) is 0 Å². The highest BCUT2D eigenvalue weighted by Gasteiger charge is 2.54. The molecule has 3 aromatic rings. The SMILES string of the molecule is CC(C)(C)OC(=O)N1CCC2(CC1)NC(=O)N(c1ccccc1)C2=O.CC(C)(C)OC(=O)N1CCC2(CC1)NC(=O)N(c1ccccc1)C2=O.Ic1ccccc1. The topological polar surface area (TPSA) is 158 Å². The van der Waals surface area contributed by atoms with Crippen LogP contribution < -0.4 is 20.4 Å². The Balaban J connectivity index is 0.000000186. The van der Waals surface area contributed by atoms with Crippen LogP contribution in [0.25, 0.3) is 0 Å². The molecular formula is C42H51IN6O8. The lowest BCUT2D eigenvalue weighted by Crippen LogP contribution is -2.56. The average molecular weight is 895 g/mol. The lowest BCUT2D eigenvalue weighted by Gasteiger charge is -2.37. The van der Waals surface area contributed by atoms with Crippen LogP contribution in [0.2, 0.25) is 0 Å². The van der Waals surface area contributed by atoms with Gasteiger partial charge in [0, 0.05) is 29.7 Å². The highest BCUT2D eigenvalue weighted by Crippen LogP contribution is 2.34. The number of likely N-dealkylation sites (tertiary alicyclic amines) is 2. The van der Waals surface area contributed by atoms with E-state index in [1.54, 1.807) is 58.3 Å². The molecule has 8 amide bonds. The summed E-state index contributed by atoms with van der Waals surface area (Å²) in [6.45, 7) is 12.3. The van der Waals surface area contributed by atoms with Crippen molar-refractivity contribution in [3.63, 3.8) is 0 Å². The summed E-state index contributed by atoms with van der Waals surface area (Å²) in [6, 6.07) is 27.1. The summed E-state index contributed by atoms with van der Waals surface area (Å²) in [4.78, 5) is 80.4. The van der Waals surface area contributed by atoms with Gasteiger partial charge in [-0.05, 0) is 126 Å². The molecule has 304 valence electrons. The first kappa shape index (κ1) is 42.9. The van der Waals surface area contributed by atoms with Gasteiger partial charge in [-0.1, -0.05) is 54.6 Å². The molecule has 0 bridgehead atoms. The Morgan fingerprint density at radius 2 is 0.842 bits per heavy atom. The number of nitrogens with zero attached hydrogens (tertiary/aromatic N) is 4. The Morgan fingerprint density at radius 3 is 1.11 bits per heavy atom. The van der Waals surface area contributed by atoms with Gasteiger partial charge in [0.05, 0.1) is 11.4 Å². The quantitative estimate of drug-likeness (QED) is 0.200. The molecule has 0 unspecified atom stereocenters. The number of benzene rings is 3. The van der Waals surface area contributed by atoms with Gasteiger partial charge < -0.3 is 29.9 Å². The van der Waals surface area contributed by atoms with Crippen LogP contribution in [0.15, 0.2) is 91.0 Å². The minimum atomic E-state index is -0.939. The van der Waals surface area contributed by atoms with Crippen molar-refractivity contribution in [3.05, 3.63) is 94.6 Å². The highest BCUT2D eigenvalue weighted by atomic mass is 127. The summed E-state index contributed by atoms with van der Waals surface area (Å²) < 4.78 is 12.0. The first-order chi connectivity index (χ1) is 26.8. The van der Waals surface area contributed by atoms with Gasteiger partial charge in [0.1, 0.15) is 22.3 Å². The molecule has 14 nitrogen and oxygen atoms in total. The zero-order valence-corrected chi connectivity index (χ0v) is 35.4. The summed E-state index contributed by atoms with van der Waals surface area (Å²) in [7, 11) is 0. The number of hydrogen-bond donors (Lipinski definition) is 2. The molecule has 7 rings (SSSR count). The van der Waals surface area contributed by atoms with Crippen LogP contribution in [-0.2, 0) is 19.1 Å². The van der Waals surface area contributed by atoms with Crippen LogP contribution >= 0.6 is 22.6 Å². The van der Waals surface area contributed by atoms with Gasteiger partial charge >= 0.3 is 24.2 Å². The van der Waals surface area contributed by atoms with Gasteiger partial charge in [0.25, 0.3) is 11.8 Å². The van der Waals surface area contributed by atoms with E-state index in [1.165, 1.54) is 13.4 Å². The maximum absolute atomic E-state index is 12.9. The number of ether oxygens (including phenoxy) is 2. The zero-order valence-electron chi connectivity index (χ0n) is 33.2. The van der Waals surface area contributed by atoms with Gasteiger partial charge in [-0.2, -0.15) is 0 Å². The molecule has 15 heteroatoms. The molecule has 4 heterocycles. The molecule has 57 heavy (non-hydrogen) atoms. The lowest BCUT2D eigenvalue weighted by molar-refractivity contribution is -0.124. The van der Waals surface area contributed by atoms with E-state index in [1.807, 2.05) is 71.9 Å². The zero-order chi connectivity index (χ0) is 41.6. The molecule has 0 aliphatic carbocycles. The van der Waals surface area contributed by atoms with Crippen LogP contribution in [0.3, 0.4) is 0 Å². The van der Waals surface area contributed by atoms with Crippen LogP contribution in [0.4, 0.5) is 30.6 Å². The van der Waals surface area contributed by atoms with Gasteiger partial charge in [-0.25, -0.2) is 29.0 Å². The lowest BCUT2D eigenvalue weighted by atomic mass is 9.87. The predicted octanol–water partition coefficient (Wildman–Crippen LogP) is 7.32. The first-order valence-electron chi connectivity index (χ1n) is 18.9. The number of carbonyl (C=O) groups excluding carboxylic acids is 6. The van der Waals surface area contributed by atoms with E-state index < -0.39 is 34.3 Å². The van der Waals surface area contributed by atoms with Crippen molar-refractivity contribution in [1.82, 2.24) is 20.4 Å². The molecule has 4 fully saturated rings. The average Bonchev–Trinajstić information content (AvgIpc) is 3.54. The number of anilines is 2. The Bertz CT molecular complexity index is 1800. The van der Waals surface area contributed by atoms with Crippen LogP contribution in [0.5, 0.6) is 0 Å². The van der Waals surface area contributed by atoms with Gasteiger partial charge in [-0.3, -0.25) is 9.59 Å². The number of rotatable bonds is 2. The third-order valence-corrected chi connectivity index (χ3v) is 10.3. The summed E-state index contributed by atoms with van der Waals surface area (Å²) in [5.41, 5.74) is -1.90. The number of halogens is 1. The number of piperidine rings is 2. The Kier molecular flexibility index (Phi) is 13.2. The van der Waals surface area contributed by atoms with Crippen LogP contribution in [-0.4, -0.2) is 94.3 Å². The molecule has 2 spiro atoms. The fraction of sp³-hybridized carbons (Fsp3) is 0.429. The summed E-state index contributed by atoms with van der Waals surface area (Å²) in [5.74, 6) is -0.514. The molecule has 4 saturated heterocycles. The molecule has 2 N–H and O–H groups in total. The second kappa shape index (κ2) is 17.5. The molecule has 0 radical (unpaired) electrons.